The van der Waals surface area contributed by atoms with E-state index >= 15 is 0 Å². The van der Waals surface area contributed by atoms with E-state index < -0.39 is 0 Å². The SMILES string of the molecule is OCc1cc(-c2ccc(-c3ccno3)cc2)ccc1CS. The molecule has 4 heteroatoms. The largest absolute Gasteiger partial charge is 0.392 e. The van der Waals surface area contributed by atoms with Crippen molar-refractivity contribution in [3.8, 4) is 22.5 Å². The molecule has 0 aliphatic heterocycles. The summed E-state index contributed by atoms with van der Waals surface area (Å²) in [5.74, 6) is 1.38. The Bertz CT molecular complexity index is 721. The lowest BCUT2D eigenvalue weighted by molar-refractivity contribution is 0.281. The van der Waals surface area contributed by atoms with Crippen LogP contribution in [0.15, 0.2) is 59.3 Å². The predicted octanol–water partition coefficient (Wildman–Crippen LogP) is 3.93. The lowest BCUT2D eigenvalue weighted by atomic mass is 9.99. The molecular formula is C17H15NO2S. The number of aliphatic hydroxyl groups excluding tert-OH is 1. The number of aliphatic hydroxyl groups is 1. The van der Waals surface area contributed by atoms with Gasteiger partial charge in [0.25, 0.3) is 0 Å². The second-order valence-electron chi connectivity index (χ2n) is 4.75. The third-order valence-electron chi connectivity index (χ3n) is 3.49. The van der Waals surface area contributed by atoms with E-state index in [9.17, 15) is 5.11 Å². The first-order chi connectivity index (χ1) is 10.3. The van der Waals surface area contributed by atoms with Crippen molar-refractivity contribution < 1.29 is 9.63 Å². The molecule has 0 aliphatic rings. The summed E-state index contributed by atoms with van der Waals surface area (Å²) in [5.41, 5.74) is 5.14. The van der Waals surface area contributed by atoms with Crippen molar-refractivity contribution in [2.24, 2.45) is 0 Å². The molecule has 0 amide bonds. The number of thiol groups is 1. The van der Waals surface area contributed by atoms with E-state index in [2.05, 4.69) is 17.8 Å². The van der Waals surface area contributed by atoms with Crippen LogP contribution in [0.5, 0.6) is 0 Å². The monoisotopic (exact) mass is 297 g/mol. The lowest BCUT2D eigenvalue weighted by Crippen LogP contribution is -1.92. The fourth-order valence-electron chi connectivity index (χ4n) is 2.30. The Morgan fingerprint density at radius 3 is 2.24 bits per heavy atom. The molecule has 0 radical (unpaired) electrons. The normalized spacial score (nSPS) is 10.8. The summed E-state index contributed by atoms with van der Waals surface area (Å²) < 4.78 is 5.14. The molecule has 0 fully saturated rings. The molecule has 1 N–H and O–H groups in total. The van der Waals surface area contributed by atoms with Crippen molar-refractivity contribution in [1.29, 1.82) is 0 Å². The molecule has 0 saturated carbocycles. The Morgan fingerprint density at radius 2 is 1.62 bits per heavy atom. The lowest BCUT2D eigenvalue weighted by Gasteiger charge is -2.09. The van der Waals surface area contributed by atoms with Crippen molar-refractivity contribution in [1.82, 2.24) is 5.16 Å². The Hall–Kier alpha value is -2.04. The molecule has 3 rings (SSSR count). The molecule has 106 valence electrons. The molecule has 1 heterocycles. The van der Waals surface area contributed by atoms with Gasteiger partial charge in [0.1, 0.15) is 0 Å². The van der Waals surface area contributed by atoms with Crippen molar-refractivity contribution in [3.05, 3.63) is 65.9 Å². The van der Waals surface area contributed by atoms with Crippen LogP contribution in [-0.2, 0) is 12.4 Å². The van der Waals surface area contributed by atoms with Gasteiger partial charge in [-0.2, -0.15) is 12.6 Å². The smallest absolute Gasteiger partial charge is 0.166 e. The van der Waals surface area contributed by atoms with E-state index in [-0.39, 0.29) is 6.61 Å². The van der Waals surface area contributed by atoms with E-state index in [1.807, 2.05) is 48.5 Å². The van der Waals surface area contributed by atoms with Gasteiger partial charge in [0.05, 0.1) is 12.8 Å². The van der Waals surface area contributed by atoms with Crippen LogP contribution in [0.2, 0.25) is 0 Å². The highest BCUT2D eigenvalue weighted by molar-refractivity contribution is 7.79. The third-order valence-corrected chi connectivity index (χ3v) is 3.83. The van der Waals surface area contributed by atoms with Crippen LogP contribution in [0.4, 0.5) is 0 Å². The van der Waals surface area contributed by atoms with E-state index in [4.69, 9.17) is 4.52 Å². The maximum atomic E-state index is 9.44. The molecule has 3 aromatic rings. The van der Waals surface area contributed by atoms with Gasteiger partial charge in [-0.1, -0.05) is 41.6 Å². The summed E-state index contributed by atoms with van der Waals surface area (Å²) >= 11 is 4.28. The van der Waals surface area contributed by atoms with Crippen LogP contribution in [0.3, 0.4) is 0 Å². The molecule has 0 unspecified atom stereocenters. The zero-order valence-electron chi connectivity index (χ0n) is 11.4. The predicted molar refractivity (Wildman–Crippen MR) is 86.0 cm³/mol. The molecule has 0 atom stereocenters. The van der Waals surface area contributed by atoms with Gasteiger partial charge in [0, 0.05) is 17.4 Å². The minimum atomic E-state index is 0.0277. The number of rotatable bonds is 4. The molecular weight excluding hydrogens is 282 g/mol. The van der Waals surface area contributed by atoms with Crippen LogP contribution in [0.25, 0.3) is 22.5 Å². The maximum Gasteiger partial charge on any atom is 0.166 e. The fraction of sp³-hybridized carbons (Fsp3) is 0.118. The third kappa shape index (κ3) is 2.86. The summed E-state index contributed by atoms with van der Waals surface area (Å²) in [4.78, 5) is 0. The van der Waals surface area contributed by atoms with Gasteiger partial charge in [-0.25, -0.2) is 0 Å². The second-order valence-corrected chi connectivity index (χ2v) is 5.07. The Morgan fingerprint density at radius 1 is 0.905 bits per heavy atom. The molecule has 21 heavy (non-hydrogen) atoms. The topological polar surface area (TPSA) is 46.3 Å². The maximum absolute atomic E-state index is 9.44. The van der Waals surface area contributed by atoms with Crippen LogP contribution in [0.1, 0.15) is 11.1 Å². The van der Waals surface area contributed by atoms with Gasteiger partial charge in [-0.3, -0.25) is 0 Å². The molecule has 2 aromatic carbocycles. The van der Waals surface area contributed by atoms with E-state index in [0.29, 0.717) is 5.75 Å². The zero-order valence-corrected chi connectivity index (χ0v) is 12.3. The molecule has 0 aliphatic carbocycles. The van der Waals surface area contributed by atoms with Gasteiger partial charge in [-0.05, 0) is 28.3 Å². The Kier molecular flexibility index (Phi) is 4.08. The number of benzene rings is 2. The summed E-state index contributed by atoms with van der Waals surface area (Å²) in [7, 11) is 0. The summed E-state index contributed by atoms with van der Waals surface area (Å²) in [6.45, 7) is 0.0277. The highest BCUT2D eigenvalue weighted by Crippen LogP contribution is 2.26. The van der Waals surface area contributed by atoms with Gasteiger partial charge >= 0.3 is 0 Å². The van der Waals surface area contributed by atoms with Gasteiger partial charge < -0.3 is 9.63 Å². The zero-order chi connectivity index (χ0) is 14.7. The highest BCUT2D eigenvalue weighted by atomic mass is 32.1. The van der Waals surface area contributed by atoms with Crippen LogP contribution >= 0.6 is 12.6 Å². The van der Waals surface area contributed by atoms with Crippen LogP contribution < -0.4 is 0 Å². The van der Waals surface area contributed by atoms with Crippen LogP contribution in [-0.4, -0.2) is 10.3 Å². The van der Waals surface area contributed by atoms with Gasteiger partial charge in [-0.15, -0.1) is 0 Å². The van der Waals surface area contributed by atoms with Crippen molar-refractivity contribution in [2.75, 3.05) is 0 Å². The Labute approximate surface area is 128 Å². The fourth-order valence-corrected chi connectivity index (χ4v) is 2.61. The molecule has 0 bridgehead atoms. The van der Waals surface area contributed by atoms with E-state index in [1.54, 1.807) is 6.20 Å². The van der Waals surface area contributed by atoms with Crippen LogP contribution in [0, 0.1) is 0 Å². The first-order valence-electron chi connectivity index (χ1n) is 6.67. The Balaban J connectivity index is 1.94. The molecule has 3 nitrogen and oxygen atoms in total. The summed E-state index contributed by atoms with van der Waals surface area (Å²) in [5, 5.41) is 13.1. The minimum absolute atomic E-state index is 0.0277. The second kappa shape index (κ2) is 6.16. The standard InChI is InChI=1S/C17H15NO2S/c19-10-16-9-14(5-6-15(16)11-21)12-1-3-13(4-2-12)17-7-8-18-20-17/h1-9,19,21H,10-11H2. The van der Waals surface area contributed by atoms with Crippen molar-refractivity contribution in [3.63, 3.8) is 0 Å². The van der Waals surface area contributed by atoms with E-state index in [0.717, 1.165) is 33.6 Å². The minimum Gasteiger partial charge on any atom is -0.392 e. The van der Waals surface area contributed by atoms with Gasteiger partial charge in [0.2, 0.25) is 0 Å². The number of hydrogen-bond acceptors (Lipinski definition) is 4. The highest BCUT2D eigenvalue weighted by Gasteiger charge is 2.06. The van der Waals surface area contributed by atoms with E-state index in [1.165, 1.54) is 0 Å². The number of hydrogen-bond donors (Lipinski definition) is 2. The average Bonchev–Trinajstić information content (AvgIpc) is 3.09. The molecule has 0 saturated heterocycles. The van der Waals surface area contributed by atoms with Crippen molar-refractivity contribution in [2.45, 2.75) is 12.4 Å². The average molecular weight is 297 g/mol. The molecule has 1 aromatic heterocycles. The van der Waals surface area contributed by atoms with Gasteiger partial charge in [0.15, 0.2) is 5.76 Å². The number of aromatic nitrogens is 1. The van der Waals surface area contributed by atoms with Crippen molar-refractivity contribution >= 4 is 12.6 Å². The first-order valence-corrected chi connectivity index (χ1v) is 7.30. The number of nitrogens with zero attached hydrogens (tertiary/aromatic N) is 1. The first kappa shape index (κ1) is 13.9. The molecule has 0 spiro atoms. The quantitative estimate of drug-likeness (QED) is 0.717. The summed E-state index contributed by atoms with van der Waals surface area (Å²) in [6, 6.07) is 16.0. The summed E-state index contributed by atoms with van der Waals surface area (Å²) in [6.07, 6.45) is 1.63.